The molecule has 2 heterocycles. The number of nitrogens with zero attached hydrogens (tertiary/aromatic N) is 3. The van der Waals surface area contributed by atoms with Gasteiger partial charge in [-0.2, -0.15) is 10.2 Å². The number of aromatic amines is 1. The average Bonchev–Trinajstić information content (AvgIpc) is 3.29. The van der Waals surface area contributed by atoms with Gasteiger partial charge in [-0.25, -0.2) is 5.43 Å². The minimum atomic E-state index is -0.330. The van der Waals surface area contributed by atoms with Gasteiger partial charge < -0.3 is 9.64 Å². The first-order valence-corrected chi connectivity index (χ1v) is 9.59. The van der Waals surface area contributed by atoms with Crippen LogP contribution in [0.15, 0.2) is 65.8 Å². The molecule has 0 aliphatic carbocycles. The first-order chi connectivity index (χ1) is 14.2. The summed E-state index contributed by atoms with van der Waals surface area (Å²) in [6.45, 7) is 5.18. The quantitative estimate of drug-likeness (QED) is 0.519. The predicted molar refractivity (Wildman–Crippen MR) is 113 cm³/mol. The maximum absolute atomic E-state index is 12.4. The number of amides is 1. The fraction of sp³-hybridized carbons (Fsp3) is 0.227. The number of carbonyl (C=O) groups excluding carboxylic acids is 1. The molecule has 1 amide bonds. The van der Waals surface area contributed by atoms with Crippen LogP contribution in [-0.2, 0) is 4.74 Å². The number of nitrogens with one attached hydrogen (secondary N) is 2. The highest BCUT2D eigenvalue weighted by atomic mass is 16.5. The molecule has 148 valence electrons. The summed E-state index contributed by atoms with van der Waals surface area (Å²) in [6, 6.07) is 19.6. The van der Waals surface area contributed by atoms with Gasteiger partial charge in [0, 0.05) is 24.3 Å². The number of hydrazone groups is 1. The molecule has 29 heavy (non-hydrogen) atoms. The standard InChI is InChI=1S/C22H23N5O2/c1-16(17-7-9-19(10-8-17)27-11-13-29-14-12-27)23-26-22(28)21-15-20(24-25-21)18-5-3-2-4-6-18/h2-10,15H,11-14H2,1H3,(H,24,25)(H,26,28)/b23-16+. The summed E-state index contributed by atoms with van der Waals surface area (Å²) in [7, 11) is 0. The fourth-order valence-corrected chi connectivity index (χ4v) is 3.19. The van der Waals surface area contributed by atoms with Crippen LogP contribution in [0.1, 0.15) is 23.0 Å². The van der Waals surface area contributed by atoms with Crippen LogP contribution in [0.3, 0.4) is 0 Å². The van der Waals surface area contributed by atoms with E-state index < -0.39 is 0 Å². The Morgan fingerprint density at radius 1 is 1.10 bits per heavy atom. The third-order valence-corrected chi connectivity index (χ3v) is 4.88. The molecule has 0 bridgehead atoms. The van der Waals surface area contributed by atoms with Gasteiger partial charge in [-0.3, -0.25) is 9.89 Å². The summed E-state index contributed by atoms with van der Waals surface area (Å²) < 4.78 is 5.39. The first kappa shape index (κ1) is 18.9. The molecule has 1 aliphatic heterocycles. The first-order valence-electron chi connectivity index (χ1n) is 9.59. The minimum Gasteiger partial charge on any atom is -0.378 e. The second-order valence-corrected chi connectivity index (χ2v) is 6.82. The SMILES string of the molecule is C/C(=N\NC(=O)c1cc(-c2ccccc2)n[nH]1)c1ccc(N2CCOCC2)cc1. The van der Waals surface area contributed by atoms with E-state index in [9.17, 15) is 4.79 Å². The Bertz CT molecular complexity index is 990. The van der Waals surface area contributed by atoms with Crippen LogP contribution in [0.4, 0.5) is 5.69 Å². The predicted octanol–water partition coefficient (Wildman–Crippen LogP) is 3.07. The Morgan fingerprint density at radius 3 is 2.55 bits per heavy atom. The zero-order valence-corrected chi connectivity index (χ0v) is 16.3. The number of aromatic nitrogens is 2. The molecular formula is C22H23N5O2. The molecule has 0 atom stereocenters. The van der Waals surface area contributed by atoms with Gasteiger partial charge in [-0.05, 0) is 30.7 Å². The molecule has 1 aromatic heterocycles. The van der Waals surface area contributed by atoms with Crippen molar-refractivity contribution in [2.75, 3.05) is 31.2 Å². The van der Waals surface area contributed by atoms with E-state index in [0.717, 1.165) is 48.8 Å². The van der Waals surface area contributed by atoms with Crippen molar-refractivity contribution < 1.29 is 9.53 Å². The number of H-pyrrole nitrogens is 1. The van der Waals surface area contributed by atoms with Crippen LogP contribution in [0.2, 0.25) is 0 Å². The number of carbonyl (C=O) groups is 1. The van der Waals surface area contributed by atoms with Crippen molar-refractivity contribution in [2.24, 2.45) is 5.10 Å². The van der Waals surface area contributed by atoms with Gasteiger partial charge in [0.15, 0.2) is 0 Å². The molecule has 0 unspecified atom stereocenters. The van der Waals surface area contributed by atoms with E-state index in [1.165, 1.54) is 5.69 Å². The lowest BCUT2D eigenvalue weighted by atomic mass is 10.1. The summed E-state index contributed by atoms with van der Waals surface area (Å²) in [5, 5.41) is 11.2. The van der Waals surface area contributed by atoms with E-state index in [2.05, 4.69) is 37.8 Å². The highest BCUT2D eigenvalue weighted by Gasteiger charge is 2.12. The summed E-state index contributed by atoms with van der Waals surface area (Å²) >= 11 is 0. The molecular weight excluding hydrogens is 366 g/mol. The third-order valence-electron chi connectivity index (χ3n) is 4.88. The Morgan fingerprint density at radius 2 is 1.83 bits per heavy atom. The molecule has 7 heteroatoms. The summed E-state index contributed by atoms with van der Waals surface area (Å²) in [4.78, 5) is 14.7. The zero-order chi connectivity index (χ0) is 20.1. The molecule has 4 rings (SSSR count). The number of hydrogen-bond donors (Lipinski definition) is 2. The lowest BCUT2D eigenvalue weighted by Gasteiger charge is -2.28. The maximum atomic E-state index is 12.4. The molecule has 0 radical (unpaired) electrons. The summed E-state index contributed by atoms with van der Waals surface area (Å²) in [5.41, 5.74) is 7.47. The van der Waals surface area contributed by atoms with E-state index in [0.29, 0.717) is 5.69 Å². The van der Waals surface area contributed by atoms with E-state index in [-0.39, 0.29) is 5.91 Å². The Hall–Kier alpha value is -3.45. The van der Waals surface area contributed by atoms with E-state index in [1.54, 1.807) is 6.07 Å². The lowest BCUT2D eigenvalue weighted by molar-refractivity contribution is 0.0950. The van der Waals surface area contributed by atoms with Crippen LogP contribution in [0.5, 0.6) is 0 Å². The Balaban J connectivity index is 1.39. The van der Waals surface area contributed by atoms with E-state index >= 15 is 0 Å². The molecule has 1 fully saturated rings. The Labute approximate surface area is 169 Å². The van der Waals surface area contributed by atoms with Gasteiger partial charge in [-0.1, -0.05) is 42.5 Å². The van der Waals surface area contributed by atoms with Crippen molar-refractivity contribution in [3.8, 4) is 11.3 Å². The highest BCUT2D eigenvalue weighted by Crippen LogP contribution is 2.18. The van der Waals surface area contributed by atoms with E-state index in [4.69, 9.17) is 4.74 Å². The van der Waals surface area contributed by atoms with Gasteiger partial charge >= 0.3 is 0 Å². The normalized spacial score (nSPS) is 14.7. The zero-order valence-electron chi connectivity index (χ0n) is 16.3. The topological polar surface area (TPSA) is 82.6 Å². The minimum absolute atomic E-state index is 0.330. The monoisotopic (exact) mass is 389 g/mol. The molecule has 1 aliphatic rings. The third kappa shape index (κ3) is 4.52. The molecule has 0 spiro atoms. The fourth-order valence-electron chi connectivity index (χ4n) is 3.19. The van der Waals surface area contributed by atoms with Gasteiger partial charge in [-0.15, -0.1) is 0 Å². The van der Waals surface area contributed by atoms with Gasteiger partial charge in [0.2, 0.25) is 0 Å². The second-order valence-electron chi connectivity index (χ2n) is 6.82. The van der Waals surface area contributed by atoms with Crippen LogP contribution >= 0.6 is 0 Å². The van der Waals surface area contributed by atoms with E-state index in [1.807, 2.05) is 49.4 Å². The average molecular weight is 389 g/mol. The van der Waals surface area contributed by atoms with Crippen LogP contribution in [-0.4, -0.2) is 48.1 Å². The molecule has 2 N–H and O–H groups in total. The summed E-state index contributed by atoms with van der Waals surface area (Å²) in [5.74, 6) is -0.330. The smallest absolute Gasteiger partial charge is 0.289 e. The Kier molecular flexibility index (Phi) is 5.67. The lowest BCUT2D eigenvalue weighted by Crippen LogP contribution is -2.36. The van der Waals surface area contributed by atoms with Crippen molar-refractivity contribution >= 4 is 17.3 Å². The molecule has 7 nitrogen and oxygen atoms in total. The molecule has 3 aromatic rings. The molecule has 0 saturated carbocycles. The van der Waals surface area contributed by atoms with Crippen molar-refractivity contribution in [3.05, 3.63) is 71.9 Å². The molecule has 1 saturated heterocycles. The number of anilines is 1. The number of rotatable bonds is 5. The molecule has 2 aromatic carbocycles. The van der Waals surface area contributed by atoms with Gasteiger partial charge in [0.1, 0.15) is 5.69 Å². The van der Waals surface area contributed by atoms with Gasteiger partial charge in [0.05, 0.1) is 24.6 Å². The summed E-state index contributed by atoms with van der Waals surface area (Å²) in [6.07, 6.45) is 0. The van der Waals surface area contributed by atoms with Crippen LogP contribution in [0, 0.1) is 0 Å². The largest absolute Gasteiger partial charge is 0.378 e. The van der Waals surface area contributed by atoms with Crippen molar-refractivity contribution in [3.63, 3.8) is 0 Å². The second kappa shape index (κ2) is 8.70. The number of ether oxygens (including phenoxy) is 1. The number of benzene rings is 2. The van der Waals surface area contributed by atoms with Crippen LogP contribution < -0.4 is 10.3 Å². The van der Waals surface area contributed by atoms with Gasteiger partial charge in [0.25, 0.3) is 5.91 Å². The van der Waals surface area contributed by atoms with Crippen molar-refractivity contribution in [2.45, 2.75) is 6.92 Å². The highest BCUT2D eigenvalue weighted by molar-refractivity contribution is 6.00. The van der Waals surface area contributed by atoms with Crippen molar-refractivity contribution in [1.82, 2.24) is 15.6 Å². The number of hydrogen-bond acceptors (Lipinski definition) is 5. The van der Waals surface area contributed by atoms with Crippen LogP contribution in [0.25, 0.3) is 11.3 Å². The number of morpholine rings is 1. The maximum Gasteiger partial charge on any atom is 0.289 e. The van der Waals surface area contributed by atoms with Crippen molar-refractivity contribution in [1.29, 1.82) is 0 Å².